The van der Waals surface area contributed by atoms with Gasteiger partial charge in [0.15, 0.2) is 12.4 Å². The van der Waals surface area contributed by atoms with Gasteiger partial charge in [0.2, 0.25) is 0 Å². The summed E-state index contributed by atoms with van der Waals surface area (Å²) in [7, 11) is 0. The topological polar surface area (TPSA) is 92.8 Å². The number of imide groups is 1. The second-order valence-corrected chi connectivity index (χ2v) is 6.75. The van der Waals surface area contributed by atoms with Crippen LogP contribution in [0, 0.1) is 0 Å². The van der Waals surface area contributed by atoms with Crippen LogP contribution in [-0.2, 0) is 20.7 Å². The lowest BCUT2D eigenvalue weighted by Crippen LogP contribution is -2.40. The van der Waals surface area contributed by atoms with Crippen molar-refractivity contribution in [1.82, 2.24) is 10.2 Å². The predicted octanol–water partition coefficient (Wildman–Crippen LogP) is 2.09. The van der Waals surface area contributed by atoms with E-state index >= 15 is 0 Å². The average molecular weight is 360 g/mol. The van der Waals surface area contributed by atoms with Crippen molar-refractivity contribution < 1.29 is 23.9 Å². The molecule has 0 spiro atoms. The van der Waals surface area contributed by atoms with Crippen molar-refractivity contribution in [1.29, 1.82) is 0 Å². The summed E-state index contributed by atoms with van der Waals surface area (Å²) in [6.45, 7) is 5.09. The lowest BCUT2D eigenvalue weighted by molar-refractivity contribution is -0.143. The molecule has 26 heavy (non-hydrogen) atoms. The quantitative estimate of drug-likeness (QED) is 0.435. The van der Waals surface area contributed by atoms with Crippen molar-refractivity contribution in [2.75, 3.05) is 13.2 Å². The van der Waals surface area contributed by atoms with E-state index in [1.165, 1.54) is 0 Å². The molecule has 1 heterocycles. The maximum Gasteiger partial charge on any atom is 0.325 e. The molecule has 1 fully saturated rings. The number of ether oxygens (including phenoxy) is 1. The Bertz CT molecular complexity index is 709. The molecule has 2 rings (SSSR count). The highest BCUT2D eigenvalue weighted by molar-refractivity contribution is 6.06. The Balaban J connectivity index is 1.73. The Hall–Kier alpha value is -2.70. The first kappa shape index (κ1) is 19.6. The number of amides is 3. The van der Waals surface area contributed by atoms with Crippen molar-refractivity contribution in [2.45, 2.75) is 45.6 Å². The van der Waals surface area contributed by atoms with E-state index in [0.717, 1.165) is 16.9 Å². The minimum absolute atomic E-state index is 0.0273. The lowest BCUT2D eigenvalue weighted by atomic mass is 10.1. The maximum absolute atomic E-state index is 12.0. The number of hydrogen-bond acceptors (Lipinski definition) is 5. The van der Waals surface area contributed by atoms with E-state index in [0.29, 0.717) is 5.56 Å². The number of Topliss-reactive ketones (excluding diaryl/α,β-unsaturated/α-hetero) is 1. The Morgan fingerprint density at radius 1 is 1.15 bits per heavy atom. The van der Waals surface area contributed by atoms with Gasteiger partial charge in [-0.25, -0.2) is 4.79 Å². The van der Waals surface area contributed by atoms with Crippen LogP contribution in [0.5, 0.6) is 0 Å². The number of urea groups is 1. The first-order valence-corrected chi connectivity index (χ1v) is 8.66. The molecule has 1 aliphatic heterocycles. The first-order valence-electron chi connectivity index (χ1n) is 8.66. The third-order valence-electron chi connectivity index (χ3n) is 4.26. The average Bonchev–Trinajstić information content (AvgIpc) is 2.81. The Morgan fingerprint density at radius 2 is 1.81 bits per heavy atom. The molecule has 0 unspecified atom stereocenters. The number of esters is 1. The number of nitrogens with zero attached hydrogens (tertiary/aromatic N) is 1. The standard InChI is InChI=1S/C19H24N2O5/c1-4-13-7-9-14(10-8-13)15(22)12-26-16(23)6-5-11-21-17(24)19(2,3)20-18(21)25/h7-10H,4-6,11-12H2,1-3H3,(H,20,25). The minimum atomic E-state index is -0.919. The van der Waals surface area contributed by atoms with Gasteiger partial charge in [-0.05, 0) is 32.3 Å². The fourth-order valence-electron chi connectivity index (χ4n) is 2.63. The summed E-state index contributed by atoms with van der Waals surface area (Å²) < 4.78 is 4.98. The highest BCUT2D eigenvalue weighted by Crippen LogP contribution is 2.17. The zero-order valence-electron chi connectivity index (χ0n) is 15.3. The highest BCUT2D eigenvalue weighted by atomic mass is 16.5. The molecule has 1 saturated heterocycles. The fraction of sp³-hybridized carbons (Fsp3) is 0.474. The van der Waals surface area contributed by atoms with Gasteiger partial charge in [0, 0.05) is 18.5 Å². The summed E-state index contributed by atoms with van der Waals surface area (Å²) in [5.74, 6) is -1.12. The van der Waals surface area contributed by atoms with Gasteiger partial charge >= 0.3 is 12.0 Å². The van der Waals surface area contributed by atoms with Crippen molar-refractivity contribution in [2.24, 2.45) is 0 Å². The van der Waals surface area contributed by atoms with Gasteiger partial charge in [-0.1, -0.05) is 31.2 Å². The van der Waals surface area contributed by atoms with E-state index in [2.05, 4.69) is 5.32 Å². The van der Waals surface area contributed by atoms with Gasteiger partial charge in [0.1, 0.15) is 5.54 Å². The number of carbonyl (C=O) groups is 4. The lowest BCUT2D eigenvalue weighted by Gasteiger charge is -2.15. The Labute approximate surface area is 152 Å². The second-order valence-electron chi connectivity index (χ2n) is 6.75. The van der Waals surface area contributed by atoms with E-state index in [1.807, 2.05) is 19.1 Å². The molecular weight excluding hydrogens is 336 g/mol. The van der Waals surface area contributed by atoms with Gasteiger partial charge in [0.05, 0.1) is 0 Å². The number of carbonyl (C=O) groups excluding carboxylic acids is 4. The number of ketones is 1. The van der Waals surface area contributed by atoms with Crippen LogP contribution in [0.4, 0.5) is 4.79 Å². The summed E-state index contributed by atoms with van der Waals surface area (Å²) in [5, 5.41) is 2.57. The first-order chi connectivity index (χ1) is 12.2. The SMILES string of the molecule is CCc1ccc(C(=O)COC(=O)CCCN2C(=O)NC(C)(C)C2=O)cc1. The molecule has 7 nitrogen and oxygen atoms in total. The fourth-order valence-corrected chi connectivity index (χ4v) is 2.63. The summed E-state index contributed by atoms with van der Waals surface area (Å²) in [6.07, 6.45) is 1.20. The van der Waals surface area contributed by atoms with Crippen LogP contribution in [0.2, 0.25) is 0 Å². The van der Waals surface area contributed by atoms with Crippen LogP contribution in [0.15, 0.2) is 24.3 Å². The molecule has 0 aliphatic carbocycles. The highest BCUT2D eigenvalue weighted by Gasteiger charge is 2.43. The monoisotopic (exact) mass is 360 g/mol. The normalized spacial score (nSPS) is 15.7. The molecule has 0 radical (unpaired) electrons. The molecule has 0 atom stereocenters. The molecule has 140 valence electrons. The summed E-state index contributed by atoms with van der Waals surface area (Å²) in [6, 6.07) is 6.71. The van der Waals surface area contributed by atoms with Crippen LogP contribution < -0.4 is 5.32 Å². The number of hydrogen-bond donors (Lipinski definition) is 1. The van der Waals surface area contributed by atoms with Crippen LogP contribution in [0.3, 0.4) is 0 Å². The zero-order valence-corrected chi connectivity index (χ0v) is 15.3. The van der Waals surface area contributed by atoms with Crippen molar-refractivity contribution in [3.8, 4) is 0 Å². The van der Waals surface area contributed by atoms with E-state index in [1.54, 1.807) is 26.0 Å². The van der Waals surface area contributed by atoms with E-state index in [9.17, 15) is 19.2 Å². The smallest absolute Gasteiger partial charge is 0.325 e. The maximum atomic E-state index is 12.0. The summed E-state index contributed by atoms with van der Waals surface area (Å²) in [4.78, 5) is 48.6. The number of rotatable bonds is 8. The van der Waals surface area contributed by atoms with Gasteiger partial charge < -0.3 is 10.1 Å². The van der Waals surface area contributed by atoms with Crippen molar-refractivity contribution in [3.05, 3.63) is 35.4 Å². The number of aryl methyl sites for hydroxylation is 1. The Morgan fingerprint density at radius 3 is 2.35 bits per heavy atom. The second kappa shape index (κ2) is 8.12. The number of benzene rings is 1. The van der Waals surface area contributed by atoms with Crippen LogP contribution >= 0.6 is 0 Å². The molecule has 1 aromatic carbocycles. The molecule has 7 heteroatoms. The van der Waals surface area contributed by atoms with Crippen LogP contribution in [0.25, 0.3) is 0 Å². The molecule has 1 aromatic rings. The van der Waals surface area contributed by atoms with Gasteiger partial charge in [0.25, 0.3) is 5.91 Å². The third-order valence-corrected chi connectivity index (χ3v) is 4.26. The Kier molecular flexibility index (Phi) is 6.13. The van der Waals surface area contributed by atoms with Crippen molar-refractivity contribution >= 4 is 23.7 Å². The molecular formula is C19H24N2O5. The molecule has 0 aromatic heterocycles. The van der Waals surface area contributed by atoms with Gasteiger partial charge in [-0.15, -0.1) is 0 Å². The predicted molar refractivity (Wildman–Crippen MR) is 94.7 cm³/mol. The minimum Gasteiger partial charge on any atom is -0.457 e. The van der Waals surface area contributed by atoms with Crippen LogP contribution in [-0.4, -0.2) is 47.3 Å². The molecule has 1 aliphatic rings. The molecule has 3 amide bonds. The van der Waals surface area contributed by atoms with Crippen LogP contribution in [0.1, 0.15) is 49.5 Å². The van der Waals surface area contributed by atoms with Gasteiger partial charge in [-0.3, -0.25) is 19.3 Å². The summed E-state index contributed by atoms with van der Waals surface area (Å²) in [5.41, 5.74) is 0.705. The van der Waals surface area contributed by atoms with Crippen molar-refractivity contribution in [3.63, 3.8) is 0 Å². The summed E-state index contributed by atoms with van der Waals surface area (Å²) >= 11 is 0. The van der Waals surface area contributed by atoms with Gasteiger partial charge in [-0.2, -0.15) is 0 Å². The molecule has 0 saturated carbocycles. The van der Waals surface area contributed by atoms with E-state index in [-0.39, 0.29) is 37.7 Å². The van der Waals surface area contributed by atoms with E-state index < -0.39 is 17.5 Å². The zero-order chi connectivity index (χ0) is 19.3. The molecule has 0 bridgehead atoms. The molecule has 1 N–H and O–H groups in total. The third kappa shape index (κ3) is 4.68. The van der Waals surface area contributed by atoms with E-state index in [4.69, 9.17) is 4.74 Å². The largest absolute Gasteiger partial charge is 0.457 e. The number of nitrogens with one attached hydrogen (secondary N) is 1.